The van der Waals surface area contributed by atoms with Crippen LogP contribution in [0.2, 0.25) is 0 Å². The van der Waals surface area contributed by atoms with Crippen molar-refractivity contribution < 1.29 is 14.3 Å². The minimum Gasteiger partial charge on any atom is -0.475 e. The molecule has 0 radical (unpaired) electrons. The third-order valence-electron chi connectivity index (χ3n) is 1.76. The standard InChI is InChI=1S/C11H16N2O3/c1-11(2,12)7-16-9-8(10(14)15-3)5-4-6-13-9/h4-6H,7,12H2,1-3H3. The summed E-state index contributed by atoms with van der Waals surface area (Å²) in [6.45, 7) is 3.93. The maximum atomic E-state index is 11.4. The van der Waals surface area contributed by atoms with Gasteiger partial charge in [-0.3, -0.25) is 0 Å². The molecule has 1 heterocycles. The molecule has 0 aliphatic carbocycles. The summed E-state index contributed by atoms with van der Waals surface area (Å²) in [6, 6.07) is 3.24. The number of carbonyl (C=O) groups is 1. The lowest BCUT2D eigenvalue weighted by molar-refractivity contribution is 0.0593. The molecule has 0 aromatic carbocycles. The number of methoxy groups -OCH3 is 1. The van der Waals surface area contributed by atoms with Crippen molar-refractivity contribution in [2.75, 3.05) is 13.7 Å². The lowest BCUT2D eigenvalue weighted by Crippen LogP contribution is -2.39. The molecule has 1 aromatic rings. The molecule has 1 rings (SSSR count). The highest BCUT2D eigenvalue weighted by Crippen LogP contribution is 2.16. The largest absolute Gasteiger partial charge is 0.475 e. The molecule has 0 spiro atoms. The fourth-order valence-electron chi connectivity index (χ4n) is 1.03. The molecule has 0 aliphatic heterocycles. The minimum absolute atomic E-state index is 0.243. The molecule has 0 saturated heterocycles. The molecule has 0 fully saturated rings. The van der Waals surface area contributed by atoms with Crippen LogP contribution in [-0.4, -0.2) is 30.2 Å². The number of aromatic nitrogens is 1. The summed E-state index contributed by atoms with van der Waals surface area (Å²) in [5, 5.41) is 0. The van der Waals surface area contributed by atoms with E-state index < -0.39 is 11.5 Å². The average molecular weight is 224 g/mol. The molecule has 0 atom stereocenters. The summed E-state index contributed by atoms with van der Waals surface area (Å²) in [7, 11) is 1.31. The summed E-state index contributed by atoms with van der Waals surface area (Å²) in [4.78, 5) is 15.4. The molecule has 1 aromatic heterocycles. The van der Waals surface area contributed by atoms with Crippen LogP contribution in [0.15, 0.2) is 18.3 Å². The third kappa shape index (κ3) is 3.51. The first-order valence-corrected chi connectivity index (χ1v) is 4.89. The molecule has 0 amide bonds. The molecule has 88 valence electrons. The van der Waals surface area contributed by atoms with Crippen molar-refractivity contribution in [1.82, 2.24) is 4.98 Å². The predicted molar refractivity (Wildman–Crippen MR) is 59.3 cm³/mol. The van der Waals surface area contributed by atoms with Crippen molar-refractivity contribution in [3.63, 3.8) is 0 Å². The Labute approximate surface area is 94.6 Å². The van der Waals surface area contributed by atoms with Gasteiger partial charge in [-0.05, 0) is 26.0 Å². The Morgan fingerprint density at radius 2 is 2.25 bits per heavy atom. The Kier molecular flexibility index (Phi) is 3.84. The van der Waals surface area contributed by atoms with Crippen molar-refractivity contribution in [2.45, 2.75) is 19.4 Å². The zero-order valence-corrected chi connectivity index (χ0v) is 9.69. The van der Waals surface area contributed by atoms with E-state index in [9.17, 15) is 4.79 Å². The maximum Gasteiger partial charge on any atom is 0.343 e. The van der Waals surface area contributed by atoms with Crippen molar-refractivity contribution in [3.05, 3.63) is 23.9 Å². The predicted octanol–water partition coefficient (Wildman–Crippen LogP) is 0.984. The Balaban J connectivity index is 2.83. The maximum absolute atomic E-state index is 11.4. The van der Waals surface area contributed by atoms with E-state index in [1.165, 1.54) is 7.11 Å². The van der Waals surface area contributed by atoms with Gasteiger partial charge in [0.2, 0.25) is 5.88 Å². The molecule has 0 unspecified atom stereocenters. The van der Waals surface area contributed by atoms with Crippen LogP contribution in [0.25, 0.3) is 0 Å². The van der Waals surface area contributed by atoms with E-state index in [1.54, 1.807) is 18.3 Å². The van der Waals surface area contributed by atoms with Gasteiger partial charge in [0, 0.05) is 11.7 Å². The van der Waals surface area contributed by atoms with Crippen LogP contribution >= 0.6 is 0 Å². The second kappa shape index (κ2) is 4.94. The molecule has 2 N–H and O–H groups in total. The van der Waals surface area contributed by atoms with Gasteiger partial charge in [-0.15, -0.1) is 0 Å². The minimum atomic E-state index is -0.481. The number of hydrogen-bond acceptors (Lipinski definition) is 5. The van der Waals surface area contributed by atoms with Crippen LogP contribution in [0.4, 0.5) is 0 Å². The number of carbonyl (C=O) groups excluding carboxylic acids is 1. The van der Waals surface area contributed by atoms with E-state index in [1.807, 2.05) is 13.8 Å². The zero-order chi connectivity index (χ0) is 12.2. The molecule has 5 heteroatoms. The smallest absolute Gasteiger partial charge is 0.343 e. The molecule has 0 saturated carbocycles. The van der Waals surface area contributed by atoms with Crippen LogP contribution in [0.5, 0.6) is 5.88 Å². The Bertz CT molecular complexity index is 372. The van der Waals surface area contributed by atoms with Gasteiger partial charge >= 0.3 is 5.97 Å². The van der Waals surface area contributed by atoms with Crippen LogP contribution in [0, 0.1) is 0 Å². The van der Waals surface area contributed by atoms with Gasteiger partial charge in [0.15, 0.2) is 0 Å². The van der Waals surface area contributed by atoms with Gasteiger partial charge in [-0.1, -0.05) is 0 Å². The lowest BCUT2D eigenvalue weighted by Gasteiger charge is -2.19. The van der Waals surface area contributed by atoms with Crippen molar-refractivity contribution in [1.29, 1.82) is 0 Å². The summed E-state index contributed by atoms with van der Waals surface area (Å²) in [5.74, 6) is -0.231. The Hall–Kier alpha value is -1.62. The summed E-state index contributed by atoms with van der Waals surface area (Å²) >= 11 is 0. The highest BCUT2D eigenvalue weighted by Gasteiger charge is 2.17. The number of rotatable bonds is 4. The molecular formula is C11H16N2O3. The number of esters is 1. The molecule has 0 bridgehead atoms. The number of hydrogen-bond donors (Lipinski definition) is 1. The number of nitrogens with two attached hydrogens (primary N) is 1. The van der Waals surface area contributed by atoms with Crippen LogP contribution in [0.1, 0.15) is 24.2 Å². The summed E-state index contributed by atoms with van der Waals surface area (Å²) < 4.78 is 10.0. The van der Waals surface area contributed by atoms with Gasteiger partial charge in [-0.2, -0.15) is 0 Å². The molecule has 5 nitrogen and oxygen atoms in total. The SMILES string of the molecule is COC(=O)c1cccnc1OCC(C)(C)N. The molecule has 16 heavy (non-hydrogen) atoms. The van der Waals surface area contributed by atoms with Gasteiger partial charge < -0.3 is 15.2 Å². The first kappa shape index (κ1) is 12.4. The van der Waals surface area contributed by atoms with Crippen LogP contribution in [-0.2, 0) is 4.74 Å². The number of ether oxygens (including phenoxy) is 2. The first-order chi connectivity index (χ1) is 7.44. The first-order valence-electron chi connectivity index (χ1n) is 4.89. The normalized spacial score (nSPS) is 11.0. The highest BCUT2D eigenvalue weighted by molar-refractivity contribution is 5.91. The van der Waals surface area contributed by atoms with Crippen molar-refractivity contribution in [3.8, 4) is 5.88 Å². The van der Waals surface area contributed by atoms with Crippen molar-refractivity contribution in [2.24, 2.45) is 5.73 Å². The van der Waals surface area contributed by atoms with Gasteiger partial charge in [0.1, 0.15) is 12.2 Å². The molecular weight excluding hydrogens is 208 g/mol. The van der Waals surface area contributed by atoms with Gasteiger partial charge in [0.25, 0.3) is 0 Å². The highest BCUT2D eigenvalue weighted by atomic mass is 16.5. The fourth-order valence-corrected chi connectivity index (χ4v) is 1.03. The van der Waals surface area contributed by atoms with E-state index in [-0.39, 0.29) is 12.5 Å². The van der Waals surface area contributed by atoms with Gasteiger partial charge in [-0.25, -0.2) is 9.78 Å². The second-order valence-corrected chi connectivity index (χ2v) is 4.12. The lowest BCUT2D eigenvalue weighted by atomic mass is 10.1. The fraction of sp³-hybridized carbons (Fsp3) is 0.455. The van der Waals surface area contributed by atoms with Crippen LogP contribution < -0.4 is 10.5 Å². The summed E-state index contributed by atoms with van der Waals surface area (Å²) in [5.41, 5.74) is 5.59. The quantitative estimate of drug-likeness (QED) is 0.772. The molecule has 0 aliphatic rings. The summed E-state index contributed by atoms with van der Waals surface area (Å²) in [6.07, 6.45) is 1.55. The average Bonchev–Trinajstić information content (AvgIpc) is 2.25. The topological polar surface area (TPSA) is 74.4 Å². The Morgan fingerprint density at radius 1 is 1.56 bits per heavy atom. The van der Waals surface area contributed by atoms with E-state index in [0.717, 1.165) is 0 Å². The third-order valence-corrected chi connectivity index (χ3v) is 1.76. The second-order valence-electron chi connectivity index (χ2n) is 4.12. The van der Waals surface area contributed by atoms with E-state index >= 15 is 0 Å². The van der Waals surface area contributed by atoms with E-state index in [2.05, 4.69) is 9.72 Å². The van der Waals surface area contributed by atoms with Crippen LogP contribution in [0.3, 0.4) is 0 Å². The number of nitrogens with zero attached hydrogens (tertiary/aromatic N) is 1. The van der Waals surface area contributed by atoms with E-state index in [4.69, 9.17) is 10.5 Å². The van der Waals surface area contributed by atoms with E-state index in [0.29, 0.717) is 5.56 Å². The number of pyridine rings is 1. The Morgan fingerprint density at radius 3 is 2.81 bits per heavy atom. The van der Waals surface area contributed by atoms with Gasteiger partial charge in [0.05, 0.1) is 7.11 Å². The zero-order valence-electron chi connectivity index (χ0n) is 9.69. The van der Waals surface area contributed by atoms with Crippen molar-refractivity contribution >= 4 is 5.97 Å². The monoisotopic (exact) mass is 224 g/mol.